The third-order valence-corrected chi connectivity index (χ3v) is 5.51. The molecule has 16 heavy (non-hydrogen) atoms. The molecule has 0 amide bonds. The van der Waals surface area contributed by atoms with E-state index in [2.05, 4.69) is 46.5 Å². The summed E-state index contributed by atoms with van der Waals surface area (Å²) in [7, 11) is 0. The Bertz CT molecular complexity index is 335. The Labute approximate surface area is 111 Å². The molecule has 1 heterocycles. The minimum atomic E-state index is 0.571. The second-order valence-electron chi connectivity index (χ2n) is 5.51. The molecule has 1 aliphatic carbocycles. The molecule has 3 heteroatoms. The topological polar surface area (TPSA) is 12.0 Å². The first-order valence-corrected chi connectivity index (χ1v) is 7.69. The van der Waals surface area contributed by atoms with E-state index < -0.39 is 0 Å². The molecule has 0 aromatic carbocycles. The first kappa shape index (κ1) is 12.6. The molecule has 0 aliphatic heterocycles. The Morgan fingerprint density at radius 2 is 2.12 bits per heavy atom. The second kappa shape index (κ2) is 5.19. The van der Waals surface area contributed by atoms with Gasteiger partial charge < -0.3 is 5.32 Å². The van der Waals surface area contributed by atoms with Crippen LogP contribution in [0, 0.1) is 5.41 Å². The Morgan fingerprint density at radius 3 is 2.69 bits per heavy atom. The zero-order valence-corrected chi connectivity index (χ0v) is 12.5. The van der Waals surface area contributed by atoms with Crippen molar-refractivity contribution in [1.82, 2.24) is 5.32 Å². The van der Waals surface area contributed by atoms with Crippen LogP contribution in [-0.4, -0.2) is 6.04 Å². The summed E-state index contributed by atoms with van der Waals surface area (Å²) in [6.45, 7) is 5.79. The van der Waals surface area contributed by atoms with Crippen LogP contribution in [-0.2, 0) is 6.54 Å². The molecule has 0 unspecified atom stereocenters. The molecule has 0 radical (unpaired) electrons. The van der Waals surface area contributed by atoms with Crippen LogP contribution in [0.15, 0.2) is 15.9 Å². The van der Waals surface area contributed by atoms with Crippen molar-refractivity contribution in [3.63, 3.8) is 0 Å². The summed E-state index contributed by atoms with van der Waals surface area (Å²) in [6.07, 6.45) is 5.37. The maximum absolute atomic E-state index is 3.68. The van der Waals surface area contributed by atoms with Gasteiger partial charge in [-0.25, -0.2) is 0 Å². The minimum Gasteiger partial charge on any atom is -0.309 e. The molecule has 2 rings (SSSR count). The summed E-state index contributed by atoms with van der Waals surface area (Å²) in [6, 6.07) is 2.85. The van der Waals surface area contributed by atoms with E-state index in [1.807, 2.05) is 11.3 Å². The molecule has 1 aromatic rings. The summed E-state index contributed by atoms with van der Waals surface area (Å²) in [4.78, 5) is 1.42. The molecule has 1 nitrogen and oxygen atoms in total. The Kier molecular flexibility index (Phi) is 4.09. The molecule has 1 saturated carbocycles. The van der Waals surface area contributed by atoms with E-state index >= 15 is 0 Å². The molecule has 0 spiro atoms. The average molecular weight is 302 g/mol. The Morgan fingerprint density at radius 1 is 1.44 bits per heavy atom. The lowest BCUT2D eigenvalue weighted by atomic mass is 9.75. The lowest BCUT2D eigenvalue weighted by Crippen LogP contribution is -2.35. The summed E-state index contributed by atoms with van der Waals surface area (Å²) >= 11 is 5.41. The van der Waals surface area contributed by atoms with Crippen molar-refractivity contribution in [1.29, 1.82) is 0 Å². The Hall–Kier alpha value is 0.140. The smallest absolute Gasteiger partial charge is 0.0327 e. The highest BCUT2D eigenvalue weighted by Gasteiger charge is 2.26. The highest BCUT2D eigenvalue weighted by molar-refractivity contribution is 9.10. The molecule has 0 atom stereocenters. The van der Waals surface area contributed by atoms with Crippen molar-refractivity contribution in [3.05, 3.63) is 20.8 Å². The van der Waals surface area contributed by atoms with Crippen molar-refractivity contribution in [2.24, 2.45) is 5.41 Å². The van der Waals surface area contributed by atoms with Gasteiger partial charge in [-0.15, -0.1) is 11.3 Å². The van der Waals surface area contributed by atoms with E-state index in [9.17, 15) is 0 Å². The zero-order valence-electron chi connectivity index (χ0n) is 10.1. The molecule has 1 N–H and O–H groups in total. The van der Waals surface area contributed by atoms with Crippen LogP contribution in [0.4, 0.5) is 0 Å². The van der Waals surface area contributed by atoms with E-state index in [1.165, 1.54) is 35.0 Å². The number of hydrogen-bond donors (Lipinski definition) is 1. The van der Waals surface area contributed by atoms with Gasteiger partial charge in [-0.05, 0) is 58.5 Å². The van der Waals surface area contributed by atoms with Gasteiger partial charge >= 0.3 is 0 Å². The predicted octanol–water partition coefficient (Wildman–Crippen LogP) is 4.57. The van der Waals surface area contributed by atoms with Crippen molar-refractivity contribution in [3.8, 4) is 0 Å². The summed E-state index contributed by atoms with van der Waals surface area (Å²) in [5.41, 5.74) is 0.571. The van der Waals surface area contributed by atoms with Crippen molar-refractivity contribution in [2.75, 3.05) is 0 Å². The molecular formula is C13H20BrNS. The Balaban J connectivity index is 1.78. The average Bonchev–Trinajstić information content (AvgIpc) is 2.63. The van der Waals surface area contributed by atoms with Gasteiger partial charge in [0.25, 0.3) is 0 Å². The predicted molar refractivity (Wildman–Crippen MR) is 74.9 cm³/mol. The third-order valence-electron chi connectivity index (χ3n) is 3.58. The van der Waals surface area contributed by atoms with E-state index in [1.54, 1.807) is 0 Å². The van der Waals surface area contributed by atoms with Crippen LogP contribution >= 0.6 is 27.3 Å². The van der Waals surface area contributed by atoms with Gasteiger partial charge in [0.2, 0.25) is 0 Å². The first-order chi connectivity index (χ1) is 7.57. The molecule has 0 bridgehead atoms. The van der Waals surface area contributed by atoms with Crippen LogP contribution in [0.1, 0.15) is 44.4 Å². The summed E-state index contributed by atoms with van der Waals surface area (Å²) < 4.78 is 1.25. The third kappa shape index (κ3) is 3.31. The largest absolute Gasteiger partial charge is 0.309 e. The fourth-order valence-electron chi connectivity index (χ4n) is 2.29. The van der Waals surface area contributed by atoms with Crippen molar-refractivity contribution in [2.45, 2.75) is 52.1 Å². The zero-order chi connectivity index (χ0) is 11.6. The number of rotatable bonds is 3. The monoisotopic (exact) mass is 301 g/mol. The highest BCUT2D eigenvalue weighted by Crippen LogP contribution is 2.35. The van der Waals surface area contributed by atoms with Gasteiger partial charge in [0.15, 0.2) is 0 Å². The van der Waals surface area contributed by atoms with Gasteiger partial charge in [0, 0.05) is 21.9 Å². The van der Waals surface area contributed by atoms with E-state index in [0.29, 0.717) is 5.41 Å². The molecule has 1 aliphatic rings. The highest BCUT2D eigenvalue weighted by atomic mass is 79.9. The number of halogens is 1. The van der Waals surface area contributed by atoms with Gasteiger partial charge in [0.1, 0.15) is 0 Å². The van der Waals surface area contributed by atoms with Gasteiger partial charge in [-0.1, -0.05) is 13.8 Å². The van der Waals surface area contributed by atoms with E-state index in [-0.39, 0.29) is 0 Å². The summed E-state index contributed by atoms with van der Waals surface area (Å²) in [5.74, 6) is 0. The maximum atomic E-state index is 3.68. The molecule has 90 valence electrons. The standard InChI is InChI=1S/C13H20BrNS/c1-13(2)6-3-10(4-7-13)15-9-12-11(14)5-8-16-12/h5,8,10,15H,3-4,6-7,9H2,1-2H3. The normalized spacial score (nSPS) is 21.2. The number of thiophene rings is 1. The lowest BCUT2D eigenvalue weighted by Gasteiger charge is -2.34. The quantitative estimate of drug-likeness (QED) is 0.862. The number of nitrogens with one attached hydrogen (secondary N) is 1. The fourth-order valence-corrected chi connectivity index (χ4v) is 3.74. The molecule has 1 aromatic heterocycles. The van der Waals surface area contributed by atoms with Gasteiger partial charge in [-0.2, -0.15) is 0 Å². The maximum Gasteiger partial charge on any atom is 0.0327 e. The van der Waals surface area contributed by atoms with Crippen molar-refractivity contribution >= 4 is 27.3 Å². The SMILES string of the molecule is CC1(C)CCC(NCc2sccc2Br)CC1. The van der Waals surface area contributed by atoms with Gasteiger partial charge in [-0.3, -0.25) is 0 Å². The van der Waals surface area contributed by atoms with Crippen LogP contribution in [0.5, 0.6) is 0 Å². The second-order valence-corrected chi connectivity index (χ2v) is 7.37. The van der Waals surface area contributed by atoms with E-state index in [4.69, 9.17) is 0 Å². The first-order valence-electron chi connectivity index (χ1n) is 6.02. The lowest BCUT2D eigenvalue weighted by molar-refractivity contribution is 0.206. The van der Waals surface area contributed by atoms with E-state index in [0.717, 1.165) is 12.6 Å². The van der Waals surface area contributed by atoms with Crippen LogP contribution < -0.4 is 5.32 Å². The van der Waals surface area contributed by atoms with Crippen LogP contribution in [0.2, 0.25) is 0 Å². The number of hydrogen-bond acceptors (Lipinski definition) is 2. The molecular weight excluding hydrogens is 282 g/mol. The van der Waals surface area contributed by atoms with Crippen LogP contribution in [0.3, 0.4) is 0 Å². The van der Waals surface area contributed by atoms with Crippen LogP contribution in [0.25, 0.3) is 0 Å². The summed E-state index contributed by atoms with van der Waals surface area (Å²) in [5, 5.41) is 5.83. The molecule has 0 saturated heterocycles. The molecule has 1 fully saturated rings. The fraction of sp³-hybridized carbons (Fsp3) is 0.692. The van der Waals surface area contributed by atoms with Crippen molar-refractivity contribution < 1.29 is 0 Å². The minimum absolute atomic E-state index is 0.571. The van der Waals surface area contributed by atoms with Gasteiger partial charge in [0.05, 0.1) is 0 Å².